The van der Waals surface area contributed by atoms with Gasteiger partial charge < -0.3 is 15.2 Å². The van der Waals surface area contributed by atoms with E-state index < -0.39 is 0 Å². The first kappa shape index (κ1) is 11.6. The molecule has 1 saturated heterocycles. The molecule has 0 saturated carbocycles. The fraction of sp³-hybridized carbons (Fsp3) is 0.667. The number of nitrogens with one attached hydrogen (secondary N) is 2. The predicted octanol–water partition coefficient (Wildman–Crippen LogP) is 0.352. The second-order valence-electron chi connectivity index (χ2n) is 4.52. The van der Waals surface area contributed by atoms with E-state index in [-0.39, 0.29) is 0 Å². The van der Waals surface area contributed by atoms with Gasteiger partial charge in [-0.1, -0.05) is 0 Å². The molecule has 2 heterocycles. The molecule has 1 aromatic heterocycles. The van der Waals surface area contributed by atoms with Crippen LogP contribution in [0.2, 0.25) is 0 Å². The minimum atomic E-state index is 0.945. The Labute approximate surface area is 97.6 Å². The van der Waals surface area contributed by atoms with E-state index in [2.05, 4.69) is 33.2 Å². The van der Waals surface area contributed by atoms with Gasteiger partial charge in [-0.3, -0.25) is 4.90 Å². The maximum atomic E-state index is 3.46. The molecular formula is C12H22N4. The van der Waals surface area contributed by atoms with Crippen molar-refractivity contribution >= 4 is 0 Å². The van der Waals surface area contributed by atoms with Crippen LogP contribution in [0.15, 0.2) is 18.3 Å². The average Bonchev–Trinajstić information content (AvgIpc) is 2.80. The third-order valence-corrected chi connectivity index (χ3v) is 3.18. The van der Waals surface area contributed by atoms with Crippen molar-refractivity contribution in [3.8, 4) is 0 Å². The van der Waals surface area contributed by atoms with Crippen molar-refractivity contribution in [2.24, 2.45) is 0 Å². The maximum absolute atomic E-state index is 3.46. The monoisotopic (exact) mass is 222 g/mol. The number of nitrogens with zero attached hydrogens (tertiary/aromatic N) is 2. The lowest BCUT2D eigenvalue weighted by molar-refractivity contribution is 0.154. The Morgan fingerprint density at radius 1 is 1.31 bits per heavy atom. The summed E-state index contributed by atoms with van der Waals surface area (Å²) in [5.74, 6) is 0. The van der Waals surface area contributed by atoms with Gasteiger partial charge in [0.05, 0.1) is 0 Å². The largest absolute Gasteiger partial charge is 0.364 e. The Balaban J connectivity index is 1.55. The highest BCUT2D eigenvalue weighted by Crippen LogP contribution is 1.98. The molecular weight excluding hydrogens is 200 g/mol. The number of likely N-dealkylation sites (N-methyl/N-ethyl adjacent to an activating group) is 1. The highest BCUT2D eigenvalue weighted by molar-refractivity contribution is 5.02. The Kier molecular flexibility index (Phi) is 4.39. The van der Waals surface area contributed by atoms with Gasteiger partial charge in [0.1, 0.15) is 0 Å². The van der Waals surface area contributed by atoms with Crippen molar-refractivity contribution in [3.05, 3.63) is 24.0 Å². The number of aromatic nitrogens is 1. The molecule has 0 atom stereocenters. The molecule has 0 unspecified atom stereocenters. The molecule has 0 radical (unpaired) electrons. The first-order chi connectivity index (χ1) is 7.84. The van der Waals surface area contributed by atoms with E-state index in [4.69, 9.17) is 0 Å². The molecule has 0 aliphatic carbocycles. The summed E-state index contributed by atoms with van der Waals surface area (Å²) < 4.78 is 0. The first-order valence-corrected chi connectivity index (χ1v) is 6.08. The number of hydrogen-bond acceptors (Lipinski definition) is 3. The van der Waals surface area contributed by atoms with Gasteiger partial charge >= 0.3 is 0 Å². The number of hydrogen-bond donors (Lipinski definition) is 2. The third-order valence-electron chi connectivity index (χ3n) is 3.18. The lowest BCUT2D eigenvalue weighted by atomic mass is 10.3. The van der Waals surface area contributed by atoms with E-state index in [1.54, 1.807) is 0 Å². The number of aromatic amines is 1. The fourth-order valence-corrected chi connectivity index (χ4v) is 2.01. The molecule has 2 N–H and O–H groups in total. The molecule has 2 rings (SSSR count). The minimum Gasteiger partial charge on any atom is -0.364 e. The topological polar surface area (TPSA) is 34.3 Å². The van der Waals surface area contributed by atoms with Crippen LogP contribution in [-0.2, 0) is 6.54 Å². The van der Waals surface area contributed by atoms with Crippen LogP contribution in [-0.4, -0.2) is 61.1 Å². The zero-order chi connectivity index (χ0) is 11.2. The molecule has 90 valence electrons. The summed E-state index contributed by atoms with van der Waals surface area (Å²) in [4.78, 5) is 8.12. The zero-order valence-electron chi connectivity index (χ0n) is 10.1. The highest BCUT2D eigenvalue weighted by atomic mass is 15.2. The van der Waals surface area contributed by atoms with Gasteiger partial charge in [0.2, 0.25) is 0 Å². The summed E-state index contributed by atoms with van der Waals surface area (Å²) in [6.07, 6.45) is 1.97. The summed E-state index contributed by atoms with van der Waals surface area (Å²) >= 11 is 0. The molecule has 0 spiro atoms. The van der Waals surface area contributed by atoms with Crippen LogP contribution in [0.25, 0.3) is 0 Å². The molecule has 0 bridgehead atoms. The van der Waals surface area contributed by atoms with Crippen LogP contribution in [0.5, 0.6) is 0 Å². The van der Waals surface area contributed by atoms with Crippen LogP contribution < -0.4 is 5.32 Å². The molecule has 0 aromatic carbocycles. The van der Waals surface area contributed by atoms with Crippen LogP contribution in [0, 0.1) is 0 Å². The zero-order valence-corrected chi connectivity index (χ0v) is 10.1. The summed E-state index contributed by atoms with van der Waals surface area (Å²) in [5.41, 5.74) is 1.26. The van der Waals surface area contributed by atoms with Gasteiger partial charge in [-0.25, -0.2) is 0 Å². The van der Waals surface area contributed by atoms with E-state index in [1.807, 2.05) is 12.3 Å². The highest BCUT2D eigenvalue weighted by Gasteiger charge is 2.12. The molecule has 4 nitrogen and oxygen atoms in total. The standard InChI is InChI=1S/C12H22N4/c1-15-7-9-16(10-8-15)6-5-13-11-12-3-2-4-14-12/h2-4,13-14H,5-11H2,1H3. The van der Waals surface area contributed by atoms with Crippen LogP contribution >= 0.6 is 0 Å². The van der Waals surface area contributed by atoms with Crippen LogP contribution in [0.3, 0.4) is 0 Å². The van der Waals surface area contributed by atoms with Crippen molar-refractivity contribution < 1.29 is 0 Å². The van der Waals surface area contributed by atoms with Gasteiger partial charge in [0.15, 0.2) is 0 Å². The third kappa shape index (κ3) is 3.63. The second-order valence-corrected chi connectivity index (χ2v) is 4.52. The lowest BCUT2D eigenvalue weighted by Gasteiger charge is -2.32. The van der Waals surface area contributed by atoms with Crippen molar-refractivity contribution in [2.45, 2.75) is 6.54 Å². The molecule has 16 heavy (non-hydrogen) atoms. The molecule has 1 aromatic rings. The van der Waals surface area contributed by atoms with E-state index in [0.29, 0.717) is 0 Å². The average molecular weight is 222 g/mol. The minimum absolute atomic E-state index is 0.945. The molecule has 0 amide bonds. The molecule has 1 aliphatic heterocycles. The van der Waals surface area contributed by atoms with Gasteiger partial charge in [-0.2, -0.15) is 0 Å². The van der Waals surface area contributed by atoms with E-state index in [1.165, 1.54) is 31.9 Å². The summed E-state index contributed by atoms with van der Waals surface area (Å²) in [5, 5.41) is 3.46. The van der Waals surface area contributed by atoms with E-state index in [9.17, 15) is 0 Å². The molecule has 1 fully saturated rings. The van der Waals surface area contributed by atoms with Crippen molar-refractivity contribution in [2.75, 3.05) is 46.3 Å². The predicted molar refractivity (Wildman–Crippen MR) is 66.4 cm³/mol. The Morgan fingerprint density at radius 2 is 2.12 bits per heavy atom. The smallest absolute Gasteiger partial charge is 0.0357 e. The fourth-order valence-electron chi connectivity index (χ4n) is 2.01. The van der Waals surface area contributed by atoms with E-state index >= 15 is 0 Å². The second kappa shape index (κ2) is 6.03. The molecule has 1 aliphatic rings. The van der Waals surface area contributed by atoms with Gasteiger partial charge in [-0.05, 0) is 19.2 Å². The Hall–Kier alpha value is -0.840. The van der Waals surface area contributed by atoms with Crippen LogP contribution in [0.4, 0.5) is 0 Å². The van der Waals surface area contributed by atoms with Gasteiger partial charge in [-0.15, -0.1) is 0 Å². The van der Waals surface area contributed by atoms with E-state index in [0.717, 1.165) is 19.6 Å². The summed E-state index contributed by atoms with van der Waals surface area (Å²) in [6, 6.07) is 4.15. The van der Waals surface area contributed by atoms with Crippen molar-refractivity contribution in [1.29, 1.82) is 0 Å². The Bertz CT molecular complexity index is 275. The lowest BCUT2D eigenvalue weighted by Crippen LogP contribution is -2.46. The molecule has 4 heteroatoms. The number of rotatable bonds is 5. The maximum Gasteiger partial charge on any atom is 0.0357 e. The number of piperazine rings is 1. The van der Waals surface area contributed by atoms with Gasteiger partial charge in [0, 0.05) is 57.7 Å². The first-order valence-electron chi connectivity index (χ1n) is 6.08. The Morgan fingerprint density at radius 3 is 2.81 bits per heavy atom. The van der Waals surface area contributed by atoms with Crippen molar-refractivity contribution in [3.63, 3.8) is 0 Å². The number of H-pyrrole nitrogens is 1. The van der Waals surface area contributed by atoms with Crippen molar-refractivity contribution in [1.82, 2.24) is 20.1 Å². The normalized spacial score (nSPS) is 19.1. The summed E-state index contributed by atoms with van der Waals surface area (Å²) in [6.45, 7) is 8.01. The summed E-state index contributed by atoms with van der Waals surface area (Å²) in [7, 11) is 2.20. The SMILES string of the molecule is CN1CCN(CCNCc2ccc[nH]2)CC1. The van der Waals surface area contributed by atoms with Gasteiger partial charge in [0.25, 0.3) is 0 Å². The quantitative estimate of drug-likeness (QED) is 0.706. The van der Waals surface area contributed by atoms with Crippen LogP contribution in [0.1, 0.15) is 5.69 Å².